The van der Waals surface area contributed by atoms with Crippen molar-refractivity contribution in [2.75, 3.05) is 25.0 Å². The molecule has 2 nitrogen and oxygen atoms in total. The van der Waals surface area contributed by atoms with Crippen LogP contribution in [-0.4, -0.2) is 25.8 Å². The first-order valence-corrected chi connectivity index (χ1v) is 7.99. The van der Waals surface area contributed by atoms with Gasteiger partial charge in [-0.25, -0.2) is 4.39 Å². The van der Waals surface area contributed by atoms with E-state index < -0.39 is 0 Å². The Morgan fingerprint density at radius 3 is 2.74 bits per heavy atom. The van der Waals surface area contributed by atoms with E-state index in [0.717, 1.165) is 17.8 Å². The van der Waals surface area contributed by atoms with E-state index in [1.165, 1.54) is 6.07 Å². The second-order valence-corrected chi connectivity index (χ2v) is 6.14. The lowest BCUT2D eigenvalue weighted by atomic mass is 10.0. The molecule has 0 aromatic heterocycles. The molecule has 0 saturated heterocycles. The number of aliphatic imine (C=N–C) groups is 1. The lowest BCUT2D eigenvalue weighted by Crippen LogP contribution is -2.20. The van der Waals surface area contributed by atoms with E-state index >= 15 is 0 Å². The molecule has 0 atom stereocenters. The molecule has 118 valence electrons. The highest BCUT2D eigenvalue weighted by molar-refractivity contribution is 6.42. The van der Waals surface area contributed by atoms with Crippen molar-refractivity contribution in [2.24, 2.45) is 4.99 Å². The summed E-state index contributed by atoms with van der Waals surface area (Å²) in [5.74, 6) is -0.270. The summed E-state index contributed by atoms with van der Waals surface area (Å²) in [6.07, 6.45) is 3.68. The Hall–Kier alpha value is -1.84. The number of halogens is 3. The van der Waals surface area contributed by atoms with Gasteiger partial charge in [0.05, 0.1) is 27.9 Å². The van der Waals surface area contributed by atoms with Gasteiger partial charge in [-0.1, -0.05) is 41.4 Å². The number of allylic oxidation sites excluding steroid dienone is 1. The summed E-state index contributed by atoms with van der Waals surface area (Å²) in [6, 6.07) is 10.5. The van der Waals surface area contributed by atoms with E-state index in [-0.39, 0.29) is 5.82 Å². The highest BCUT2D eigenvalue weighted by atomic mass is 35.5. The summed E-state index contributed by atoms with van der Waals surface area (Å²) in [6.45, 7) is 1.37. The van der Waals surface area contributed by atoms with Gasteiger partial charge < -0.3 is 4.90 Å². The van der Waals surface area contributed by atoms with Gasteiger partial charge >= 0.3 is 0 Å². The molecule has 0 spiro atoms. The first-order valence-electron chi connectivity index (χ1n) is 7.24. The Labute approximate surface area is 144 Å². The van der Waals surface area contributed by atoms with Crippen LogP contribution < -0.4 is 4.90 Å². The molecule has 1 heterocycles. The van der Waals surface area contributed by atoms with E-state index in [9.17, 15) is 4.39 Å². The van der Waals surface area contributed by atoms with Crippen LogP contribution in [0.25, 0.3) is 6.08 Å². The molecular formula is C18H15Cl2FN2. The summed E-state index contributed by atoms with van der Waals surface area (Å²) < 4.78 is 14.3. The molecule has 23 heavy (non-hydrogen) atoms. The van der Waals surface area contributed by atoms with Gasteiger partial charge in [0, 0.05) is 19.3 Å². The molecule has 0 aliphatic carbocycles. The minimum Gasteiger partial charge on any atom is -0.372 e. The lowest BCUT2D eigenvalue weighted by Gasteiger charge is -2.19. The van der Waals surface area contributed by atoms with Crippen LogP contribution in [0.3, 0.4) is 0 Å². The highest BCUT2D eigenvalue weighted by Crippen LogP contribution is 2.27. The maximum atomic E-state index is 14.3. The van der Waals surface area contributed by atoms with Crippen molar-refractivity contribution in [1.29, 1.82) is 0 Å². The third-order valence-corrected chi connectivity index (χ3v) is 4.49. The molecule has 2 aromatic rings. The molecule has 0 saturated carbocycles. The fourth-order valence-electron chi connectivity index (χ4n) is 2.53. The number of hydrogen-bond donors (Lipinski definition) is 0. The maximum Gasteiger partial charge on any atom is 0.134 e. The fraction of sp³-hybridized carbons (Fsp3) is 0.167. The average Bonchev–Trinajstić information content (AvgIpc) is 2.69. The fourth-order valence-corrected chi connectivity index (χ4v) is 2.84. The van der Waals surface area contributed by atoms with Crippen molar-refractivity contribution in [3.05, 3.63) is 69.5 Å². The van der Waals surface area contributed by atoms with Crippen molar-refractivity contribution in [3.63, 3.8) is 0 Å². The minimum absolute atomic E-state index is 0.270. The van der Waals surface area contributed by atoms with E-state index in [0.29, 0.717) is 27.9 Å². The Morgan fingerprint density at radius 2 is 1.96 bits per heavy atom. The molecule has 5 heteroatoms. The van der Waals surface area contributed by atoms with Crippen LogP contribution in [0.1, 0.15) is 11.1 Å². The van der Waals surface area contributed by atoms with Crippen LogP contribution >= 0.6 is 23.2 Å². The highest BCUT2D eigenvalue weighted by Gasteiger charge is 2.18. The second kappa shape index (κ2) is 6.73. The van der Waals surface area contributed by atoms with Gasteiger partial charge in [0.15, 0.2) is 0 Å². The largest absolute Gasteiger partial charge is 0.372 e. The number of anilines is 1. The molecule has 0 amide bonds. The standard InChI is InChI=1S/C18H15Cl2FN2/c1-23-10-9-22-16(18-15(21)3-2-4-17(18)23)8-6-12-5-7-13(19)14(20)11-12/h2-8,11H,9-10H2,1H3/b8-6+. The SMILES string of the molecule is CN1CCN=C(/C=C/c2ccc(Cl)c(Cl)c2)c2c(F)cccc21. The minimum atomic E-state index is -0.270. The van der Waals surface area contributed by atoms with Crippen molar-refractivity contribution in [1.82, 2.24) is 0 Å². The summed E-state index contributed by atoms with van der Waals surface area (Å²) >= 11 is 11.9. The number of nitrogens with zero attached hydrogens (tertiary/aromatic N) is 2. The van der Waals surface area contributed by atoms with E-state index in [2.05, 4.69) is 4.99 Å². The predicted octanol–water partition coefficient (Wildman–Crippen LogP) is 5.08. The van der Waals surface area contributed by atoms with E-state index in [4.69, 9.17) is 23.2 Å². The molecule has 0 fully saturated rings. The summed E-state index contributed by atoms with van der Waals surface area (Å²) in [4.78, 5) is 6.54. The predicted molar refractivity (Wildman–Crippen MR) is 96.6 cm³/mol. The molecular weight excluding hydrogens is 334 g/mol. The normalized spacial score (nSPS) is 14.6. The third-order valence-electron chi connectivity index (χ3n) is 3.75. The second-order valence-electron chi connectivity index (χ2n) is 5.33. The van der Waals surface area contributed by atoms with Gasteiger partial charge in [0.1, 0.15) is 5.82 Å². The van der Waals surface area contributed by atoms with Crippen molar-refractivity contribution >= 4 is 40.7 Å². The van der Waals surface area contributed by atoms with Crippen LogP contribution in [-0.2, 0) is 0 Å². The van der Waals surface area contributed by atoms with Gasteiger partial charge in [-0.3, -0.25) is 4.99 Å². The molecule has 2 aromatic carbocycles. The zero-order valence-electron chi connectivity index (χ0n) is 12.6. The van der Waals surface area contributed by atoms with E-state index in [1.807, 2.05) is 36.2 Å². The monoisotopic (exact) mass is 348 g/mol. The number of likely N-dealkylation sites (N-methyl/N-ethyl adjacent to an activating group) is 1. The molecule has 0 radical (unpaired) electrons. The quantitative estimate of drug-likeness (QED) is 0.738. The van der Waals surface area contributed by atoms with Crippen LogP contribution in [0.15, 0.2) is 47.5 Å². The van der Waals surface area contributed by atoms with Crippen LogP contribution in [0.5, 0.6) is 0 Å². The van der Waals surface area contributed by atoms with Crippen LogP contribution in [0.4, 0.5) is 10.1 Å². The van der Waals surface area contributed by atoms with Gasteiger partial charge in [-0.05, 0) is 35.9 Å². The summed E-state index contributed by atoms with van der Waals surface area (Å²) in [7, 11) is 1.94. The first kappa shape index (κ1) is 16.0. The topological polar surface area (TPSA) is 15.6 Å². The Morgan fingerprint density at radius 1 is 1.13 bits per heavy atom. The number of benzene rings is 2. The van der Waals surface area contributed by atoms with Crippen molar-refractivity contribution in [2.45, 2.75) is 0 Å². The van der Waals surface area contributed by atoms with Gasteiger partial charge in [0.2, 0.25) is 0 Å². The van der Waals surface area contributed by atoms with Crippen molar-refractivity contribution in [3.8, 4) is 0 Å². The maximum absolute atomic E-state index is 14.3. The van der Waals surface area contributed by atoms with Crippen LogP contribution in [0, 0.1) is 5.82 Å². The van der Waals surface area contributed by atoms with E-state index in [1.54, 1.807) is 18.2 Å². The van der Waals surface area contributed by atoms with Gasteiger partial charge in [0.25, 0.3) is 0 Å². The Bertz CT molecular complexity index is 800. The average molecular weight is 349 g/mol. The molecule has 1 aliphatic heterocycles. The molecule has 0 unspecified atom stereocenters. The Kier molecular flexibility index (Phi) is 4.69. The number of hydrogen-bond acceptors (Lipinski definition) is 2. The number of benzodiazepines with no additional fused rings is 1. The smallest absolute Gasteiger partial charge is 0.134 e. The number of fused-ring (bicyclic) bond motifs is 1. The first-order chi connectivity index (χ1) is 11.1. The van der Waals surface area contributed by atoms with Crippen molar-refractivity contribution < 1.29 is 4.39 Å². The number of rotatable bonds is 2. The summed E-state index contributed by atoms with van der Waals surface area (Å²) in [5.41, 5.74) is 2.90. The van der Waals surface area contributed by atoms with Crippen LogP contribution in [0.2, 0.25) is 10.0 Å². The summed E-state index contributed by atoms with van der Waals surface area (Å²) in [5, 5.41) is 0.997. The third kappa shape index (κ3) is 3.41. The molecule has 1 aliphatic rings. The van der Waals surface area contributed by atoms with Gasteiger partial charge in [-0.2, -0.15) is 0 Å². The van der Waals surface area contributed by atoms with Gasteiger partial charge in [-0.15, -0.1) is 0 Å². The lowest BCUT2D eigenvalue weighted by molar-refractivity contribution is 0.625. The molecule has 3 rings (SSSR count). The zero-order valence-corrected chi connectivity index (χ0v) is 14.1. The molecule has 0 N–H and O–H groups in total. The Balaban J connectivity index is 1.99. The molecule has 0 bridgehead atoms. The zero-order chi connectivity index (χ0) is 16.4.